The average molecular weight is 413 g/mol. The number of hydrogen-bond acceptors (Lipinski definition) is 6. The van der Waals surface area contributed by atoms with Crippen molar-refractivity contribution >= 4 is 34.2 Å². The van der Waals surface area contributed by atoms with Crippen molar-refractivity contribution in [3.63, 3.8) is 0 Å². The van der Waals surface area contributed by atoms with E-state index in [1.54, 1.807) is 7.11 Å². The van der Waals surface area contributed by atoms with Crippen LogP contribution in [0.5, 0.6) is 5.75 Å². The van der Waals surface area contributed by atoms with Crippen molar-refractivity contribution in [1.82, 2.24) is 15.2 Å². The fourth-order valence-electron chi connectivity index (χ4n) is 3.87. The van der Waals surface area contributed by atoms with Gasteiger partial charge in [-0.1, -0.05) is 0 Å². The molecule has 1 saturated heterocycles. The van der Waals surface area contributed by atoms with Crippen molar-refractivity contribution < 1.29 is 9.47 Å². The second-order valence-corrected chi connectivity index (χ2v) is 9.14. The van der Waals surface area contributed by atoms with Gasteiger partial charge in [-0.3, -0.25) is 10.1 Å². The van der Waals surface area contributed by atoms with Crippen LogP contribution in [0.3, 0.4) is 0 Å². The predicted octanol–water partition coefficient (Wildman–Crippen LogP) is 5.38. The van der Waals surface area contributed by atoms with E-state index in [0.717, 1.165) is 57.2 Å². The number of aromatic amines is 1. The maximum Gasteiger partial charge on any atom is 0.155 e. The van der Waals surface area contributed by atoms with Gasteiger partial charge in [0.2, 0.25) is 0 Å². The standard InChI is InChI=1S/C22H28N4O2S/c1-12-8-16(9-13(2)28-12)29-21-10-17-18(24-22-14(3)15(4)25-26-22)6-7-23-19(17)11-20(21)27-5/h6-7,10-13,16H,8-9H2,1-5H3,(H2,23,24,25,26)/t12-,13+,16?. The molecule has 6 nitrogen and oxygen atoms in total. The zero-order valence-electron chi connectivity index (χ0n) is 17.6. The normalized spacial score (nSPS) is 22.0. The number of thioether (sulfide) groups is 1. The summed E-state index contributed by atoms with van der Waals surface area (Å²) in [7, 11) is 1.72. The van der Waals surface area contributed by atoms with Gasteiger partial charge < -0.3 is 14.8 Å². The number of anilines is 2. The molecule has 1 aliphatic rings. The van der Waals surface area contributed by atoms with Crippen molar-refractivity contribution in [2.24, 2.45) is 0 Å². The number of pyridine rings is 1. The summed E-state index contributed by atoms with van der Waals surface area (Å²) < 4.78 is 11.6. The Morgan fingerprint density at radius 2 is 1.97 bits per heavy atom. The van der Waals surface area contributed by atoms with Gasteiger partial charge in [-0.05, 0) is 52.7 Å². The summed E-state index contributed by atoms with van der Waals surface area (Å²) in [6.45, 7) is 8.39. The third-order valence-corrected chi connectivity index (χ3v) is 6.77. The van der Waals surface area contributed by atoms with Crippen LogP contribution in [0.25, 0.3) is 10.9 Å². The lowest BCUT2D eigenvalue weighted by Crippen LogP contribution is -2.30. The smallest absolute Gasteiger partial charge is 0.155 e. The van der Waals surface area contributed by atoms with Gasteiger partial charge in [-0.25, -0.2) is 0 Å². The fraction of sp³-hybridized carbons (Fsp3) is 0.455. The van der Waals surface area contributed by atoms with Gasteiger partial charge in [0.05, 0.1) is 35.4 Å². The fourth-order valence-corrected chi connectivity index (χ4v) is 5.41. The van der Waals surface area contributed by atoms with E-state index >= 15 is 0 Å². The van der Waals surface area contributed by atoms with Crippen LogP contribution in [-0.2, 0) is 4.74 Å². The molecule has 0 saturated carbocycles. The Morgan fingerprint density at radius 3 is 2.62 bits per heavy atom. The van der Waals surface area contributed by atoms with Crippen molar-refractivity contribution in [1.29, 1.82) is 0 Å². The molecule has 3 aromatic rings. The molecule has 2 aromatic heterocycles. The van der Waals surface area contributed by atoms with Gasteiger partial charge in [0.25, 0.3) is 0 Å². The van der Waals surface area contributed by atoms with Crippen molar-refractivity contribution in [3.8, 4) is 5.75 Å². The second-order valence-electron chi connectivity index (χ2n) is 7.79. The molecule has 0 aliphatic carbocycles. The number of methoxy groups -OCH3 is 1. The molecular weight excluding hydrogens is 384 g/mol. The Morgan fingerprint density at radius 1 is 1.21 bits per heavy atom. The Kier molecular flexibility index (Phi) is 5.69. The molecule has 0 spiro atoms. The Hall–Kier alpha value is -2.25. The van der Waals surface area contributed by atoms with Gasteiger partial charge in [-0.2, -0.15) is 5.10 Å². The van der Waals surface area contributed by atoms with E-state index in [9.17, 15) is 0 Å². The molecule has 1 fully saturated rings. The number of rotatable bonds is 5. The molecule has 4 rings (SSSR count). The molecular formula is C22H28N4O2S. The van der Waals surface area contributed by atoms with Gasteiger partial charge in [0, 0.05) is 34.2 Å². The third-order valence-electron chi connectivity index (χ3n) is 5.48. The minimum absolute atomic E-state index is 0.285. The van der Waals surface area contributed by atoms with Crippen LogP contribution >= 0.6 is 11.8 Å². The molecule has 0 bridgehead atoms. The number of fused-ring (bicyclic) bond motifs is 1. The Labute approximate surface area is 175 Å². The first-order valence-corrected chi connectivity index (χ1v) is 10.9. The highest BCUT2D eigenvalue weighted by Gasteiger charge is 2.26. The zero-order valence-corrected chi connectivity index (χ0v) is 18.4. The topological polar surface area (TPSA) is 72.1 Å². The molecule has 0 amide bonds. The summed E-state index contributed by atoms with van der Waals surface area (Å²) in [5, 5.41) is 12.4. The van der Waals surface area contributed by atoms with E-state index in [-0.39, 0.29) is 12.2 Å². The van der Waals surface area contributed by atoms with Gasteiger partial charge >= 0.3 is 0 Å². The van der Waals surface area contributed by atoms with Crippen molar-refractivity contribution in [2.45, 2.75) is 62.9 Å². The van der Waals surface area contributed by atoms with Gasteiger partial charge in [0.1, 0.15) is 5.75 Å². The lowest BCUT2D eigenvalue weighted by Gasteiger charge is -2.32. The number of nitrogens with one attached hydrogen (secondary N) is 2. The van der Waals surface area contributed by atoms with Crippen LogP contribution in [0.1, 0.15) is 37.9 Å². The van der Waals surface area contributed by atoms with Crippen LogP contribution in [0.2, 0.25) is 0 Å². The number of H-pyrrole nitrogens is 1. The summed E-state index contributed by atoms with van der Waals surface area (Å²) in [4.78, 5) is 5.69. The Balaban J connectivity index is 1.70. The van der Waals surface area contributed by atoms with Crippen LogP contribution < -0.4 is 10.1 Å². The van der Waals surface area contributed by atoms with Crippen molar-refractivity contribution in [2.75, 3.05) is 12.4 Å². The maximum absolute atomic E-state index is 5.91. The molecule has 7 heteroatoms. The maximum atomic E-state index is 5.91. The summed E-state index contributed by atoms with van der Waals surface area (Å²) >= 11 is 1.88. The Bertz CT molecular complexity index is 1010. The molecule has 1 aromatic carbocycles. The second kappa shape index (κ2) is 8.24. The molecule has 1 unspecified atom stereocenters. The van der Waals surface area contributed by atoms with Crippen LogP contribution in [0, 0.1) is 13.8 Å². The average Bonchev–Trinajstić information content (AvgIpc) is 2.99. The summed E-state index contributed by atoms with van der Waals surface area (Å²) in [5.74, 6) is 1.71. The number of nitrogens with zero attached hydrogens (tertiary/aromatic N) is 2. The van der Waals surface area contributed by atoms with E-state index in [2.05, 4.69) is 47.3 Å². The summed E-state index contributed by atoms with van der Waals surface area (Å²) in [5.41, 5.74) is 4.06. The van der Waals surface area contributed by atoms with Gasteiger partial charge in [0.15, 0.2) is 5.82 Å². The highest BCUT2D eigenvalue weighted by atomic mass is 32.2. The first kappa shape index (κ1) is 20.0. The van der Waals surface area contributed by atoms with Crippen molar-refractivity contribution in [3.05, 3.63) is 35.7 Å². The number of ether oxygens (including phenoxy) is 2. The quantitative estimate of drug-likeness (QED) is 0.587. The SMILES string of the molecule is COc1cc2nccc(Nc3n[nH]c(C)c3C)c2cc1SC1C[C@@H](C)O[C@@H](C)C1. The van der Waals surface area contributed by atoms with Gasteiger partial charge in [-0.15, -0.1) is 11.8 Å². The molecule has 154 valence electrons. The highest BCUT2D eigenvalue weighted by molar-refractivity contribution is 8.00. The zero-order chi connectivity index (χ0) is 20.5. The highest BCUT2D eigenvalue weighted by Crippen LogP contribution is 2.41. The van der Waals surface area contributed by atoms with E-state index in [4.69, 9.17) is 9.47 Å². The van der Waals surface area contributed by atoms with Crippen LogP contribution in [0.15, 0.2) is 29.3 Å². The summed E-state index contributed by atoms with van der Waals surface area (Å²) in [6.07, 6.45) is 4.47. The number of hydrogen-bond donors (Lipinski definition) is 2. The van der Waals surface area contributed by atoms with E-state index in [1.807, 2.05) is 37.0 Å². The molecule has 0 radical (unpaired) electrons. The van der Waals surface area contributed by atoms with E-state index < -0.39 is 0 Å². The molecule has 1 aliphatic heterocycles. The molecule has 29 heavy (non-hydrogen) atoms. The number of benzene rings is 1. The molecule has 3 heterocycles. The minimum atomic E-state index is 0.285. The van der Waals surface area contributed by atoms with E-state index in [0.29, 0.717) is 5.25 Å². The summed E-state index contributed by atoms with van der Waals surface area (Å²) in [6, 6.07) is 6.21. The minimum Gasteiger partial charge on any atom is -0.496 e. The van der Waals surface area contributed by atoms with Crippen LogP contribution in [-0.4, -0.2) is 39.7 Å². The first-order chi connectivity index (χ1) is 13.9. The first-order valence-electron chi connectivity index (χ1n) is 10.0. The largest absolute Gasteiger partial charge is 0.496 e. The lowest BCUT2D eigenvalue weighted by atomic mass is 10.1. The predicted molar refractivity (Wildman–Crippen MR) is 119 cm³/mol. The molecule has 2 N–H and O–H groups in total. The number of aromatic nitrogens is 3. The third kappa shape index (κ3) is 4.21. The van der Waals surface area contributed by atoms with Crippen LogP contribution in [0.4, 0.5) is 11.5 Å². The lowest BCUT2D eigenvalue weighted by molar-refractivity contribution is -0.0265. The molecule has 3 atom stereocenters. The van der Waals surface area contributed by atoms with E-state index in [1.165, 1.54) is 0 Å². The number of aryl methyl sites for hydroxylation is 1. The monoisotopic (exact) mass is 412 g/mol.